The van der Waals surface area contributed by atoms with Crippen molar-refractivity contribution in [2.24, 2.45) is 0 Å². The number of para-hydroxylation sites is 1. The topological polar surface area (TPSA) is 46.3 Å². The van der Waals surface area contributed by atoms with Crippen molar-refractivity contribution in [2.45, 2.75) is 19.3 Å². The molecule has 0 saturated carbocycles. The number of thioether (sulfide) groups is 1. The van der Waals surface area contributed by atoms with Gasteiger partial charge in [-0.2, -0.15) is 11.8 Å². The molecule has 0 unspecified atom stereocenters. The molecule has 18 heavy (non-hydrogen) atoms. The minimum atomic E-state index is 0.290. The van der Waals surface area contributed by atoms with Gasteiger partial charge >= 0.3 is 0 Å². The second-order valence-corrected chi connectivity index (χ2v) is 5.69. The largest absolute Gasteiger partial charge is 0.399 e. The molecule has 1 aliphatic heterocycles. The molecule has 2 rings (SSSR count). The third-order valence-electron chi connectivity index (χ3n) is 3.26. The molecular weight excluding hydrogens is 244 g/mol. The Morgan fingerprint density at radius 1 is 1.28 bits per heavy atom. The van der Waals surface area contributed by atoms with Crippen LogP contribution in [0.5, 0.6) is 0 Å². The lowest BCUT2D eigenvalue weighted by Crippen LogP contribution is -2.29. The fraction of sp³-hybridized carbons (Fsp3) is 0.500. The van der Waals surface area contributed by atoms with E-state index in [9.17, 15) is 4.79 Å². The molecule has 4 heteroatoms. The molecule has 0 radical (unpaired) electrons. The van der Waals surface area contributed by atoms with Crippen LogP contribution >= 0.6 is 11.8 Å². The maximum Gasteiger partial charge on any atom is 0.232 e. The Bertz CT molecular complexity index is 403. The van der Waals surface area contributed by atoms with E-state index in [-0.39, 0.29) is 0 Å². The number of nitrogen functional groups attached to an aromatic ring is 1. The maximum atomic E-state index is 11.8. The van der Waals surface area contributed by atoms with Crippen LogP contribution in [0.25, 0.3) is 0 Å². The number of carbonyl (C=O) groups excluding carboxylic acids is 1. The average Bonchev–Trinajstić information content (AvgIpc) is 2.90. The lowest BCUT2D eigenvalue weighted by Gasteiger charge is -2.14. The number of hydrogen-bond donors (Lipinski definition) is 1. The van der Waals surface area contributed by atoms with Crippen LogP contribution in [0, 0.1) is 0 Å². The van der Waals surface area contributed by atoms with E-state index >= 15 is 0 Å². The highest BCUT2D eigenvalue weighted by molar-refractivity contribution is 7.99. The van der Waals surface area contributed by atoms with Gasteiger partial charge in [-0.3, -0.25) is 4.79 Å². The molecule has 3 nitrogen and oxygen atoms in total. The number of benzene rings is 1. The van der Waals surface area contributed by atoms with E-state index in [2.05, 4.69) is 6.07 Å². The quantitative estimate of drug-likeness (QED) is 0.655. The second-order valence-electron chi connectivity index (χ2n) is 4.59. The van der Waals surface area contributed by atoms with Gasteiger partial charge in [0.2, 0.25) is 5.91 Å². The predicted molar refractivity (Wildman–Crippen MR) is 77.7 cm³/mol. The second kappa shape index (κ2) is 6.69. The van der Waals surface area contributed by atoms with Gasteiger partial charge in [0.1, 0.15) is 0 Å². The molecule has 1 aromatic carbocycles. The number of carbonyl (C=O) groups is 1. The Morgan fingerprint density at radius 3 is 2.72 bits per heavy atom. The van der Waals surface area contributed by atoms with Crippen molar-refractivity contribution >= 4 is 23.4 Å². The molecule has 1 fully saturated rings. The summed E-state index contributed by atoms with van der Waals surface area (Å²) >= 11 is 1.70. The first-order chi connectivity index (χ1) is 8.77. The Hall–Kier alpha value is -1.16. The van der Waals surface area contributed by atoms with E-state index in [1.807, 2.05) is 23.1 Å². The van der Waals surface area contributed by atoms with Crippen molar-refractivity contribution in [3.8, 4) is 0 Å². The average molecular weight is 264 g/mol. The summed E-state index contributed by atoms with van der Waals surface area (Å²) in [6.07, 6.45) is 3.26. The van der Waals surface area contributed by atoms with Gasteiger partial charge in [-0.15, -0.1) is 0 Å². The number of anilines is 1. The first-order valence-electron chi connectivity index (χ1n) is 6.46. The predicted octanol–water partition coefficient (Wildman–Crippen LogP) is 2.17. The molecule has 1 saturated heterocycles. The number of amides is 1. The first kappa shape index (κ1) is 13.3. The molecule has 1 amide bonds. The normalized spacial score (nSPS) is 15.0. The Morgan fingerprint density at radius 2 is 2.00 bits per heavy atom. The molecule has 2 N–H and O–H groups in total. The zero-order chi connectivity index (χ0) is 12.8. The van der Waals surface area contributed by atoms with Crippen molar-refractivity contribution in [3.05, 3.63) is 29.8 Å². The Balaban J connectivity index is 1.67. The van der Waals surface area contributed by atoms with E-state index in [0.29, 0.717) is 11.7 Å². The summed E-state index contributed by atoms with van der Waals surface area (Å²) in [5.74, 6) is 1.85. The lowest BCUT2D eigenvalue weighted by molar-refractivity contribution is -0.127. The van der Waals surface area contributed by atoms with E-state index in [1.165, 1.54) is 5.56 Å². The molecule has 0 aliphatic carbocycles. The van der Waals surface area contributed by atoms with Gasteiger partial charge in [0.05, 0.1) is 5.75 Å². The molecule has 0 atom stereocenters. The number of hydrogen-bond acceptors (Lipinski definition) is 3. The van der Waals surface area contributed by atoms with Crippen LogP contribution in [0.1, 0.15) is 18.4 Å². The lowest BCUT2D eigenvalue weighted by atomic mass is 10.1. The van der Waals surface area contributed by atoms with E-state index in [4.69, 9.17) is 5.73 Å². The number of aryl methyl sites for hydroxylation is 1. The SMILES string of the molecule is Nc1ccccc1CCSCC(=O)N1CCCC1. The molecule has 0 spiro atoms. The smallest absolute Gasteiger partial charge is 0.232 e. The Kier molecular flexibility index (Phi) is 4.93. The van der Waals surface area contributed by atoms with Gasteiger partial charge in [0.25, 0.3) is 0 Å². The van der Waals surface area contributed by atoms with Crippen molar-refractivity contribution < 1.29 is 4.79 Å². The summed E-state index contributed by atoms with van der Waals surface area (Å²) in [7, 11) is 0. The maximum absolute atomic E-state index is 11.8. The van der Waals surface area contributed by atoms with Gasteiger partial charge in [0, 0.05) is 18.8 Å². The van der Waals surface area contributed by atoms with Gasteiger partial charge < -0.3 is 10.6 Å². The highest BCUT2D eigenvalue weighted by Crippen LogP contribution is 2.15. The monoisotopic (exact) mass is 264 g/mol. The number of nitrogens with zero attached hydrogens (tertiary/aromatic N) is 1. The zero-order valence-electron chi connectivity index (χ0n) is 10.6. The van der Waals surface area contributed by atoms with E-state index < -0.39 is 0 Å². The molecular formula is C14H20N2OS. The van der Waals surface area contributed by atoms with Crippen LogP contribution in [0.2, 0.25) is 0 Å². The molecule has 0 aromatic heterocycles. The summed E-state index contributed by atoms with van der Waals surface area (Å²) in [6, 6.07) is 7.93. The zero-order valence-corrected chi connectivity index (χ0v) is 11.4. The molecule has 1 heterocycles. The minimum Gasteiger partial charge on any atom is -0.399 e. The summed E-state index contributed by atoms with van der Waals surface area (Å²) in [4.78, 5) is 13.8. The van der Waals surface area contributed by atoms with Crippen molar-refractivity contribution in [2.75, 3.05) is 30.3 Å². The summed E-state index contributed by atoms with van der Waals surface area (Å²) in [5, 5.41) is 0. The highest BCUT2D eigenvalue weighted by atomic mass is 32.2. The van der Waals surface area contributed by atoms with Crippen LogP contribution in [0.4, 0.5) is 5.69 Å². The van der Waals surface area contributed by atoms with Crippen LogP contribution in [-0.2, 0) is 11.2 Å². The number of rotatable bonds is 5. The van der Waals surface area contributed by atoms with Gasteiger partial charge in [-0.25, -0.2) is 0 Å². The fourth-order valence-corrected chi connectivity index (χ4v) is 3.03. The Labute approximate surface area is 113 Å². The van der Waals surface area contributed by atoms with Crippen LogP contribution in [0.3, 0.4) is 0 Å². The highest BCUT2D eigenvalue weighted by Gasteiger charge is 2.17. The minimum absolute atomic E-state index is 0.290. The fourth-order valence-electron chi connectivity index (χ4n) is 2.16. The number of nitrogens with two attached hydrogens (primary N) is 1. The summed E-state index contributed by atoms with van der Waals surface area (Å²) < 4.78 is 0. The van der Waals surface area contributed by atoms with Crippen molar-refractivity contribution in [1.82, 2.24) is 4.90 Å². The van der Waals surface area contributed by atoms with Gasteiger partial charge in [-0.05, 0) is 36.6 Å². The van der Waals surface area contributed by atoms with E-state index in [0.717, 1.165) is 43.8 Å². The summed E-state index contributed by atoms with van der Waals surface area (Å²) in [5.41, 5.74) is 7.91. The standard InChI is InChI=1S/C14H20N2OS/c15-13-6-2-1-5-12(13)7-10-18-11-14(17)16-8-3-4-9-16/h1-2,5-6H,3-4,7-11,15H2. The molecule has 98 valence electrons. The third kappa shape index (κ3) is 3.67. The van der Waals surface area contributed by atoms with Gasteiger partial charge in [-0.1, -0.05) is 18.2 Å². The van der Waals surface area contributed by atoms with Crippen LogP contribution < -0.4 is 5.73 Å². The molecule has 1 aromatic rings. The van der Waals surface area contributed by atoms with Gasteiger partial charge in [0.15, 0.2) is 0 Å². The number of likely N-dealkylation sites (tertiary alicyclic amines) is 1. The van der Waals surface area contributed by atoms with Crippen LogP contribution in [-0.4, -0.2) is 35.4 Å². The summed E-state index contributed by atoms with van der Waals surface area (Å²) in [6.45, 7) is 1.90. The van der Waals surface area contributed by atoms with Crippen LogP contribution in [0.15, 0.2) is 24.3 Å². The first-order valence-corrected chi connectivity index (χ1v) is 7.62. The van der Waals surface area contributed by atoms with Crippen molar-refractivity contribution in [1.29, 1.82) is 0 Å². The van der Waals surface area contributed by atoms with E-state index in [1.54, 1.807) is 11.8 Å². The molecule has 1 aliphatic rings. The third-order valence-corrected chi connectivity index (χ3v) is 4.20. The molecule has 0 bridgehead atoms. The van der Waals surface area contributed by atoms with Crippen molar-refractivity contribution in [3.63, 3.8) is 0 Å².